The lowest BCUT2D eigenvalue weighted by Gasteiger charge is -2.18. The fourth-order valence-corrected chi connectivity index (χ4v) is 7.36. The lowest BCUT2D eigenvalue weighted by atomic mass is 9.82. The maximum atomic E-state index is 12.4. The number of amidine groups is 1. The average molecular weight is 715 g/mol. The number of anilines is 1. The van der Waals surface area contributed by atoms with Crippen LogP contribution in [0.1, 0.15) is 57.9 Å². The van der Waals surface area contributed by atoms with Gasteiger partial charge in [-0.25, -0.2) is 9.37 Å². The first-order valence-electron chi connectivity index (χ1n) is 15.4. The molecule has 1 fully saturated rings. The summed E-state index contributed by atoms with van der Waals surface area (Å²) in [6, 6.07) is 12.3. The predicted octanol–water partition coefficient (Wildman–Crippen LogP) is 4.68. The van der Waals surface area contributed by atoms with Crippen molar-refractivity contribution in [3.8, 4) is 0 Å². The standard InChI is InChI=1S/C32H35N5O10S2/c1-32(2)30-24-18-22(48(41,42)43)19-26(49(44,45)46)23(24)13-14-25(30)36(31(32)34-33-20-9-11-21(12-10-20)35(3)4)17-7-5-6-8-29(40)47-37-27(38)15-16-28(37)39/h9-14,18-19H,5-8,15-17H2,1-4H3,(H-,41,42,43,44,45,46)/p+1. The summed E-state index contributed by atoms with van der Waals surface area (Å²) in [6.45, 7) is 4.00. The Hall–Kier alpha value is -4.58. The van der Waals surface area contributed by atoms with Gasteiger partial charge in [0.25, 0.3) is 32.1 Å². The number of azo groups is 1. The molecule has 0 radical (unpaired) electrons. The molecule has 3 aromatic rings. The van der Waals surface area contributed by atoms with Gasteiger partial charge in [-0.3, -0.25) is 18.7 Å². The summed E-state index contributed by atoms with van der Waals surface area (Å²) in [5.41, 5.74) is 1.61. The summed E-state index contributed by atoms with van der Waals surface area (Å²) in [7, 11) is -5.97. The second-order valence-electron chi connectivity index (χ2n) is 12.5. The van der Waals surface area contributed by atoms with Crippen molar-refractivity contribution in [2.75, 3.05) is 25.5 Å². The highest BCUT2D eigenvalue weighted by molar-refractivity contribution is 7.86. The Kier molecular flexibility index (Phi) is 9.75. The zero-order chi connectivity index (χ0) is 35.9. The van der Waals surface area contributed by atoms with Crippen LogP contribution in [0.15, 0.2) is 68.6 Å². The number of hydrogen-bond acceptors (Lipinski definition) is 11. The second kappa shape index (κ2) is 13.4. The van der Waals surface area contributed by atoms with E-state index in [0.717, 1.165) is 5.69 Å². The third kappa shape index (κ3) is 7.39. The van der Waals surface area contributed by atoms with E-state index in [-0.39, 0.29) is 30.0 Å². The highest BCUT2D eigenvalue weighted by atomic mass is 32.2. The summed E-state index contributed by atoms with van der Waals surface area (Å²) in [4.78, 5) is 41.3. The van der Waals surface area contributed by atoms with E-state index in [4.69, 9.17) is 4.84 Å². The second-order valence-corrected chi connectivity index (χ2v) is 15.3. The molecule has 2 aliphatic heterocycles. The topological polar surface area (TPSA) is 203 Å². The Morgan fingerprint density at radius 2 is 1.55 bits per heavy atom. The van der Waals surface area contributed by atoms with E-state index in [9.17, 15) is 40.3 Å². The number of unbranched alkanes of at least 4 members (excludes halogenated alkanes) is 2. The number of nitrogens with zero attached hydrogens (tertiary/aromatic N) is 5. The molecule has 2 amide bonds. The first-order chi connectivity index (χ1) is 22.9. The first kappa shape index (κ1) is 35.7. The molecule has 3 aromatic carbocycles. The minimum absolute atomic E-state index is 0.000865. The molecule has 17 heteroatoms. The minimum atomic E-state index is -4.91. The van der Waals surface area contributed by atoms with Gasteiger partial charge >= 0.3 is 11.8 Å². The zero-order valence-electron chi connectivity index (χ0n) is 27.3. The molecule has 2 aliphatic rings. The van der Waals surface area contributed by atoms with E-state index >= 15 is 0 Å². The van der Waals surface area contributed by atoms with Gasteiger partial charge in [-0.1, -0.05) is 0 Å². The number of carbonyl (C=O) groups is 3. The van der Waals surface area contributed by atoms with E-state index < -0.39 is 53.2 Å². The molecule has 0 aromatic heterocycles. The molecule has 0 aliphatic carbocycles. The number of amides is 2. The van der Waals surface area contributed by atoms with Crippen LogP contribution >= 0.6 is 0 Å². The predicted molar refractivity (Wildman–Crippen MR) is 177 cm³/mol. The van der Waals surface area contributed by atoms with Gasteiger partial charge in [-0.15, -0.1) is 5.06 Å². The SMILES string of the molecule is CN(C)c1ccc(N=NC2=[N+](CCCCCC(=O)ON3C(=O)CCC3=O)c3ccc4c(S(=O)(=O)O)cc(S(=O)(=O)O)cc4c3C2(C)C)cc1. The molecule has 0 saturated carbocycles. The summed E-state index contributed by atoms with van der Waals surface area (Å²) in [5.74, 6) is -1.35. The normalized spacial score (nSPS) is 16.2. The lowest BCUT2D eigenvalue weighted by molar-refractivity contribution is -0.440. The van der Waals surface area contributed by atoms with Crippen LogP contribution in [-0.2, 0) is 44.9 Å². The molecule has 0 bridgehead atoms. The van der Waals surface area contributed by atoms with E-state index in [1.807, 2.05) is 49.6 Å². The fraction of sp³-hybridized carbons (Fsp3) is 0.375. The van der Waals surface area contributed by atoms with Gasteiger partial charge in [0, 0.05) is 50.0 Å². The highest BCUT2D eigenvalue weighted by Crippen LogP contribution is 2.46. The van der Waals surface area contributed by atoms with E-state index in [0.29, 0.717) is 59.7 Å². The quantitative estimate of drug-likeness (QED) is 0.0917. The molecule has 0 spiro atoms. The zero-order valence-corrected chi connectivity index (χ0v) is 28.9. The van der Waals surface area contributed by atoms with Gasteiger partial charge in [0.05, 0.1) is 16.6 Å². The highest BCUT2D eigenvalue weighted by Gasteiger charge is 2.47. The summed E-state index contributed by atoms with van der Waals surface area (Å²) in [5, 5.41) is 9.85. The van der Waals surface area contributed by atoms with Gasteiger partial charge in [0.1, 0.15) is 21.7 Å². The molecule has 1 saturated heterocycles. The smallest absolute Gasteiger partial charge is 0.337 e. The molecule has 2 heterocycles. The summed E-state index contributed by atoms with van der Waals surface area (Å²) >= 11 is 0. The molecular weight excluding hydrogens is 679 g/mol. The number of imide groups is 1. The first-order valence-corrected chi connectivity index (χ1v) is 18.2. The molecule has 2 N–H and O–H groups in total. The third-order valence-electron chi connectivity index (χ3n) is 8.44. The van der Waals surface area contributed by atoms with Crippen LogP contribution in [0, 0.1) is 0 Å². The van der Waals surface area contributed by atoms with Crippen molar-refractivity contribution in [2.24, 2.45) is 10.2 Å². The Bertz CT molecular complexity index is 2130. The number of fused-ring (bicyclic) bond motifs is 3. The Labute approximate surface area is 283 Å². The number of carbonyl (C=O) groups excluding carboxylic acids is 3. The van der Waals surface area contributed by atoms with Gasteiger partial charge in [0.2, 0.25) is 0 Å². The van der Waals surface area contributed by atoms with Crippen LogP contribution in [0.25, 0.3) is 10.8 Å². The number of hydrogen-bond donors (Lipinski definition) is 2. The van der Waals surface area contributed by atoms with Crippen LogP contribution in [0.2, 0.25) is 0 Å². The lowest BCUT2D eigenvalue weighted by Crippen LogP contribution is -2.31. The summed E-state index contributed by atoms with van der Waals surface area (Å²) < 4.78 is 70.9. The fourth-order valence-electron chi connectivity index (χ4n) is 6.02. The molecule has 49 heavy (non-hydrogen) atoms. The maximum Gasteiger partial charge on any atom is 0.337 e. The van der Waals surface area contributed by atoms with Crippen molar-refractivity contribution < 1.29 is 49.7 Å². The Morgan fingerprint density at radius 1 is 0.898 bits per heavy atom. The minimum Gasteiger partial charge on any atom is -0.378 e. The van der Waals surface area contributed by atoms with Crippen molar-refractivity contribution >= 4 is 71.7 Å². The number of rotatable bonds is 11. The number of benzene rings is 3. The van der Waals surface area contributed by atoms with E-state index in [1.54, 1.807) is 18.2 Å². The van der Waals surface area contributed by atoms with Crippen LogP contribution < -0.4 is 4.90 Å². The van der Waals surface area contributed by atoms with E-state index in [1.165, 1.54) is 12.1 Å². The van der Waals surface area contributed by atoms with Crippen LogP contribution in [0.5, 0.6) is 0 Å². The van der Waals surface area contributed by atoms with Crippen molar-refractivity contribution in [1.29, 1.82) is 0 Å². The molecule has 260 valence electrons. The van der Waals surface area contributed by atoms with Crippen molar-refractivity contribution in [2.45, 2.75) is 67.6 Å². The average Bonchev–Trinajstić information content (AvgIpc) is 3.45. The number of hydroxylamine groups is 2. The van der Waals surface area contributed by atoms with Crippen molar-refractivity contribution in [3.63, 3.8) is 0 Å². The van der Waals surface area contributed by atoms with Crippen LogP contribution in [0.3, 0.4) is 0 Å². The van der Waals surface area contributed by atoms with Gasteiger partial charge in [0.15, 0.2) is 0 Å². The van der Waals surface area contributed by atoms with E-state index in [2.05, 4.69) is 10.2 Å². The molecule has 0 unspecified atom stereocenters. The monoisotopic (exact) mass is 714 g/mol. The Balaban J connectivity index is 1.50. The largest absolute Gasteiger partial charge is 0.378 e. The molecular formula is C32H36N5O10S2+. The van der Waals surface area contributed by atoms with Crippen LogP contribution in [-0.4, -0.2) is 79.8 Å². The van der Waals surface area contributed by atoms with Crippen molar-refractivity contribution in [1.82, 2.24) is 5.06 Å². The van der Waals surface area contributed by atoms with Crippen molar-refractivity contribution in [3.05, 3.63) is 54.1 Å². The van der Waals surface area contributed by atoms with Gasteiger partial charge in [-0.2, -0.15) is 16.8 Å². The molecule has 0 atom stereocenters. The third-order valence-corrected chi connectivity index (χ3v) is 10.2. The van der Waals surface area contributed by atoms with Gasteiger partial charge < -0.3 is 9.74 Å². The van der Waals surface area contributed by atoms with Gasteiger partial charge in [-0.05, 0) is 92.1 Å². The molecule has 5 rings (SSSR count). The van der Waals surface area contributed by atoms with Crippen LogP contribution in [0.4, 0.5) is 17.1 Å². The maximum absolute atomic E-state index is 12.4. The summed E-state index contributed by atoms with van der Waals surface area (Å²) in [6.07, 6.45) is 1.43. The molecule has 15 nitrogen and oxygen atoms in total. The Morgan fingerprint density at radius 3 is 2.14 bits per heavy atom.